The average Bonchev–Trinajstić information content (AvgIpc) is 3.65. The number of rotatable bonds is 8. The second-order valence-electron chi connectivity index (χ2n) is 8.63. The lowest BCUT2D eigenvalue weighted by Gasteiger charge is -2.31. The highest BCUT2D eigenvalue weighted by Crippen LogP contribution is 2.31. The average molecular weight is 490 g/mol. The number of nitrogens with zero attached hydrogens (tertiary/aromatic N) is 4. The molecule has 1 aliphatic rings. The summed E-state index contributed by atoms with van der Waals surface area (Å²) in [5.74, 6) is -0.490. The zero-order valence-electron chi connectivity index (χ0n) is 19.5. The number of fused-ring (bicyclic) bond motifs is 1. The Morgan fingerprint density at radius 1 is 1.17 bits per heavy atom. The topological polar surface area (TPSA) is 89.4 Å². The smallest absolute Gasteiger partial charge is 0.249 e. The fourth-order valence-corrected chi connectivity index (χ4v) is 5.13. The first-order valence-corrected chi connectivity index (χ1v) is 12.6. The Labute approximate surface area is 207 Å². The van der Waals surface area contributed by atoms with Gasteiger partial charge in [-0.15, -0.1) is 16.4 Å². The molecule has 1 saturated heterocycles. The van der Waals surface area contributed by atoms with Gasteiger partial charge in [0.2, 0.25) is 11.8 Å². The summed E-state index contributed by atoms with van der Waals surface area (Å²) in [6.07, 6.45) is 1.92. The largest absolute Gasteiger partial charge is 0.376 e. The first-order chi connectivity index (χ1) is 17.1. The van der Waals surface area contributed by atoms with E-state index in [0.717, 1.165) is 28.8 Å². The molecule has 5 rings (SSSR count). The summed E-state index contributed by atoms with van der Waals surface area (Å²) in [7, 11) is 0. The molecule has 2 atom stereocenters. The van der Waals surface area contributed by atoms with Crippen molar-refractivity contribution < 1.29 is 14.3 Å². The maximum Gasteiger partial charge on any atom is 0.249 e. The summed E-state index contributed by atoms with van der Waals surface area (Å²) in [6.45, 7) is 3.08. The van der Waals surface area contributed by atoms with Gasteiger partial charge in [-0.1, -0.05) is 41.1 Å². The van der Waals surface area contributed by atoms with Crippen LogP contribution in [0.5, 0.6) is 0 Å². The molecule has 0 radical (unpaired) electrons. The van der Waals surface area contributed by atoms with Gasteiger partial charge in [-0.3, -0.25) is 14.5 Å². The van der Waals surface area contributed by atoms with Gasteiger partial charge in [0.05, 0.1) is 11.6 Å². The van der Waals surface area contributed by atoms with E-state index in [-0.39, 0.29) is 24.5 Å². The van der Waals surface area contributed by atoms with E-state index in [2.05, 4.69) is 15.6 Å². The van der Waals surface area contributed by atoms with Crippen LogP contribution >= 0.6 is 11.3 Å². The molecule has 2 amide bonds. The Morgan fingerprint density at radius 2 is 2.00 bits per heavy atom. The second-order valence-corrected chi connectivity index (χ2v) is 9.61. The number of hydrogen-bond acceptors (Lipinski definition) is 6. The third-order valence-electron chi connectivity index (χ3n) is 6.13. The van der Waals surface area contributed by atoms with E-state index >= 15 is 0 Å². The van der Waals surface area contributed by atoms with Gasteiger partial charge in [0, 0.05) is 23.7 Å². The fraction of sp³-hybridized carbons (Fsp3) is 0.308. The normalized spacial score (nSPS) is 16.3. The zero-order valence-corrected chi connectivity index (χ0v) is 20.3. The van der Waals surface area contributed by atoms with Gasteiger partial charge in [-0.05, 0) is 55.5 Å². The van der Waals surface area contributed by atoms with E-state index in [0.29, 0.717) is 24.4 Å². The molecule has 1 fully saturated rings. The lowest BCUT2D eigenvalue weighted by atomic mass is 10.1. The molecule has 0 aliphatic carbocycles. The highest BCUT2D eigenvalue weighted by Gasteiger charge is 2.34. The number of aryl methyl sites for hydroxylation is 1. The summed E-state index contributed by atoms with van der Waals surface area (Å²) < 4.78 is 7.26. The van der Waals surface area contributed by atoms with Crippen LogP contribution in [0.4, 0.5) is 5.69 Å². The molecule has 2 aromatic heterocycles. The lowest BCUT2D eigenvalue weighted by molar-refractivity contribution is -0.127. The number of hydrogen-bond donors (Lipinski definition) is 1. The standard InChI is InChI=1S/C26H27N5O3S/c1-18-10-12-19(13-11-18)31(24(32)17-30-22-8-3-2-7-21(22)28-29-30)25(23-9-5-15-35-23)26(33)27-16-20-6-4-14-34-20/h2-3,5,7-13,15,20,25H,4,6,14,16-17H2,1H3,(H,27,33)/t20-,25-/m1/s1. The van der Waals surface area contributed by atoms with Crippen molar-refractivity contribution in [3.8, 4) is 0 Å². The van der Waals surface area contributed by atoms with Crippen LogP contribution in [-0.4, -0.2) is 46.1 Å². The van der Waals surface area contributed by atoms with Crippen LogP contribution < -0.4 is 10.2 Å². The van der Waals surface area contributed by atoms with Crippen LogP contribution in [0.15, 0.2) is 66.0 Å². The van der Waals surface area contributed by atoms with Crippen LogP contribution in [0.1, 0.15) is 29.3 Å². The van der Waals surface area contributed by atoms with Gasteiger partial charge >= 0.3 is 0 Å². The van der Waals surface area contributed by atoms with E-state index in [9.17, 15) is 9.59 Å². The Bertz CT molecular complexity index is 1300. The van der Waals surface area contributed by atoms with Crippen molar-refractivity contribution in [1.29, 1.82) is 0 Å². The SMILES string of the molecule is Cc1ccc(N(C(=O)Cn2nnc3ccccc32)[C@@H](C(=O)NC[C@H]2CCCO2)c2cccs2)cc1. The molecule has 4 aromatic rings. The summed E-state index contributed by atoms with van der Waals surface area (Å²) in [5, 5.41) is 13.3. The highest BCUT2D eigenvalue weighted by molar-refractivity contribution is 7.10. The highest BCUT2D eigenvalue weighted by atomic mass is 32.1. The van der Waals surface area contributed by atoms with Crippen molar-refractivity contribution in [3.63, 3.8) is 0 Å². The van der Waals surface area contributed by atoms with Gasteiger partial charge in [0.15, 0.2) is 0 Å². The van der Waals surface area contributed by atoms with Gasteiger partial charge in [-0.25, -0.2) is 4.68 Å². The predicted molar refractivity (Wildman–Crippen MR) is 135 cm³/mol. The number of anilines is 1. The van der Waals surface area contributed by atoms with Crippen LogP contribution in [0.3, 0.4) is 0 Å². The van der Waals surface area contributed by atoms with Crippen molar-refractivity contribution in [3.05, 3.63) is 76.5 Å². The molecule has 0 bridgehead atoms. The minimum Gasteiger partial charge on any atom is -0.376 e. The second kappa shape index (κ2) is 10.4. The maximum atomic E-state index is 13.9. The number of ether oxygens (including phenoxy) is 1. The minimum atomic E-state index is -0.818. The monoisotopic (exact) mass is 489 g/mol. The molecule has 0 spiro atoms. The first-order valence-electron chi connectivity index (χ1n) is 11.7. The van der Waals surface area contributed by atoms with E-state index in [1.807, 2.05) is 73.0 Å². The van der Waals surface area contributed by atoms with Gasteiger partial charge in [0.1, 0.15) is 18.1 Å². The zero-order chi connectivity index (χ0) is 24.2. The van der Waals surface area contributed by atoms with Crippen molar-refractivity contribution >= 4 is 39.9 Å². The molecule has 2 aromatic carbocycles. The van der Waals surface area contributed by atoms with Crippen molar-refractivity contribution in [2.75, 3.05) is 18.1 Å². The van der Waals surface area contributed by atoms with Gasteiger partial charge < -0.3 is 10.1 Å². The Kier molecular flexibility index (Phi) is 6.87. The summed E-state index contributed by atoms with van der Waals surface area (Å²) >= 11 is 1.45. The fourth-order valence-electron chi connectivity index (χ4n) is 4.32. The number of amides is 2. The quantitative estimate of drug-likeness (QED) is 0.406. The van der Waals surface area contributed by atoms with Crippen LogP contribution in [-0.2, 0) is 20.9 Å². The molecule has 35 heavy (non-hydrogen) atoms. The Balaban J connectivity index is 1.49. The molecule has 0 unspecified atom stereocenters. The minimum absolute atomic E-state index is 0.00738. The lowest BCUT2D eigenvalue weighted by Crippen LogP contribution is -2.46. The van der Waals surface area contributed by atoms with Crippen LogP contribution in [0.25, 0.3) is 11.0 Å². The van der Waals surface area contributed by atoms with Gasteiger partial charge in [0.25, 0.3) is 0 Å². The van der Waals surface area contributed by atoms with Gasteiger partial charge in [-0.2, -0.15) is 0 Å². The molecule has 0 saturated carbocycles. The first kappa shape index (κ1) is 23.2. The summed E-state index contributed by atoms with van der Waals surface area (Å²) in [6, 6.07) is 18.1. The van der Waals surface area contributed by atoms with E-state index in [1.165, 1.54) is 11.3 Å². The van der Waals surface area contributed by atoms with Crippen molar-refractivity contribution in [2.24, 2.45) is 0 Å². The molecule has 1 N–H and O–H groups in total. The third kappa shape index (κ3) is 5.11. The molecule has 8 nitrogen and oxygen atoms in total. The van der Waals surface area contributed by atoms with E-state index in [1.54, 1.807) is 9.58 Å². The number of aromatic nitrogens is 3. The molecule has 180 valence electrons. The number of para-hydroxylation sites is 1. The number of carbonyl (C=O) groups is 2. The molecule has 3 heterocycles. The molecule has 9 heteroatoms. The molecular weight excluding hydrogens is 462 g/mol. The van der Waals surface area contributed by atoms with Crippen LogP contribution in [0, 0.1) is 6.92 Å². The maximum absolute atomic E-state index is 13.9. The summed E-state index contributed by atoms with van der Waals surface area (Å²) in [4.78, 5) is 29.8. The van der Waals surface area contributed by atoms with Crippen molar-refractivity contribution in [1.82, 2.24) is 20.3 Å². The van der Waals surface area contributed by atoms with E-state index < -0.39 is 6.04 Å². The number of nitrogens with one attached hydrogen (secondary N) is 1. The Morgan fingerprint density at radius 3 is 2.74 bits per heavy atom. The summed E-state index contributed by atoms with van der Waals surface area (Å²) in [5.41, 5.74) is 3.20. The number of thiophene rings is 1. The van der Waals surface area contributed by atoms with E-state index in [4.69, 9.17) is 4.74 Å². The Hall–Kier alpha value is -3.56. The molecular formula is C26H27N5O3S. The van der Waals surface area contributed by atoms with Crippen LogP contribution in [0.2, 0.25) is 0 Å². The number of benzene rings is 2. The van der Waals surface area contributed by atoms with Crippen molar-refractivity contribution in [2.45, 2.75) is 38.5 Å². The predicted octanol–water partition coefficient (Wildman–Crippen LogP) is 3.87. The third-order valence-corrected chi connectivity index (χ3v) is 7.06. The number of carbonyl (C=O) groups excluding carboxylic acids is 2. The molecule has 1 aliphatic heterocycles.